The van der Waals surface area contributed by atoms with E-state index in [1.807, 2.05) is 4.90 Å². The molecule has 1 saturated heterocycles. The fraction of sp³-hybridized carbons (Fsp3) is 0.286. The van der Waals surface area contributed by atoms with Crippen molar-refractivity contribution < 1.29 is 19.2 Å². The van der Waals surface area contributed by atoms with Crippen LogP contribution in [-0.2, 0) is 9.59 Å². The molecule has 0 saturated carbocycles. The Hall–Kier alpha value is -3.75. The summed E-state index contributed by atoms with van der Waals surface area (Å²) in [6.07, 6.45) is 3.13. The van der Waals surface area contributed by atoms with E-state index in [0.717, 1.165) is 24.3 Å². The summed E-state index contributed by atoms with van der Waals surface area (Å²) in [4.78, 5) is 55.8. The van der Waals surface area contributed by atoms with E-state index in [4.69, 9.17) is 5.73 Å². The largest absolute Gasteiger partial charge is 0.369 e. The Balaban J connectivity index is 1.37. The van der Waals surface area contributed by atoms with Crippen LogP contribution < -0.4 is 16.0 Å². The van der Waals surface area contributed by atoms with Crippen LogP contribution in [0.2, 0.25) is 0 Å². The molecule has 3 N–H and O–H groups in total. The maximum absolute atomic E-state index is 12.4. The minimum absolute atomic E-state index is 0.195. The second kappa shape index (κ2) is 7.94. The molecule has 1 atom stereocenters. The van der Waals surface area contributed by atoms with Gasteiger partial charge in [0.1, 0.15) is 12.4 Å². The zero-order valence-electron chi connectivity index (χ0n) is 16.2. The van der Waals surface area contributed by atoms with E-state index in [0.29, 0.717) is 29.2 Å². The highest BCUT2D eigenvalue weighted by Gasteiger charge is 2.36. The number of imide groups is 1. The Morgan fingerprint density at radius 1 is 1.10 bits per heavy atom. The topological polar surface area (TPSA) is 126 Å². The molecule has 30 heavy (non-hydrogen) atoms. The van der Waals surface area contributed by atoms with Gasteiger partial charge in [-0.25, -0.2) is 4.98 Å². The van der Waals surface area contributed by atoms with Gasteiger partial charge in [0.15, 0.2) is 0 Å². The van der Waals surface area contributed by atoms with Crippen molar-refractivity contribution in [2.75, 3.05) is 29.9 Å². The fourth-order valence-corrected chi connectivity index (χ4v) is 3.79. The molecule has 2 aliphatic heterocycles. The van der Waals surface area contributed by atoms with Crippen molar-refractivity contribution in [3.63, 3.8) is 0 Å². The Morgan fingerprint density at radius 3 is 2.40 bits per heavy atom. The third kappa shape index (κ3) is 3.73. The first-order chi connectivity index (χ1) is 14.4. The lowest BCUT2D eigenvalue weighted by molar-refractivity contribution is -0.122. The number of benzene rings is 1. The molecule has 9 heteroatoms. The smallest absolute Gasteiger partial charge is 0.262 e. The van der Waals surface area contributed by atoms with Gasteiger partial charge < -0.3 is 16.0 Å². The molecule has 2 aliphatic rings. The normalized spacial score (nSPS) is 18.3. The maximum Gasteiger partial charge on any atom is 0.262 e. The molecule has 3 heterocycles. The van der Waals surface area contributed by atoms with Gasteiger partial charge in [0.05, 0.1) is 28.9 Å². The molecule has 9 nitrogen and oxygen atoms in total. The van der Waals surface area contributed by atoms with Crippen molar-refractivity contribution >= 4 is 35.1 Å². The number of aromatic nitrogens is 1. The number of pyridine rings is 1. The van der Waals surface area contributed by atoms with E-state index in [9.17, 15) is 19.2 Å². The molecule has 0 spiro atoms. The van der Waals surface area contributed by atoms with Crippen molar-refractivity contribution in [2.45, 2.75) is 12.8 Å². The summed E-state index contributed by atoms with van der Waals surface area (Å²) in [5.41, 5.74) is 6.47. The molecule has 154 valence electrons. The Labute approximate surface area is 172 Å². The number of amides is 4. The molecule has 1 unspecified atom stereocenters. The summed E-state index contributed by atoms with van der Waals surface area (Å²) < 4.78 is 0. The molecular weight excluding hydrogens is 386 g/mol. The number of nitrogens with two attached hydrogens (primary N) is 1. The Morgan fingerprint density at radius 2 is 1.80 bits per heavy atom. The Kier molecular flexibility index (Phi) is 5.18. The predicted molar refractivity (Wildman–Crippen MR) is 109 cm³/mol. The second-order valence-corrected chi connectivity index (χ2v) is 7.38. The number of fused-ring (bicyclic) bond motifs is 1. The van der Waals surface area contributed by atoms with Gasteiger partial charge in [-0.05, 0) is 37.1 Å². The number of hydrogen-bond acceptors (Lipinski definition) is 6. The van der Waals surface area contributed by atoms with E-state index in [1.54, 1.807) is 36.4 Å². The van der Waals surface area contributed by atoms with Crippen LogP contribution in [0.5, 0.6) is 0 Å². The van der Waals surface area contributed by atoms with Gasteiger partial charge in [0, 0.05) is 13.1 Å². The van der Waals surface area contributed by atoms with Crippen LogP contribution >= 0.6 is 0 Å². The maximum atomic E-state index is 12.4. The monoisotopic (exact) mass is 407 g/mol. The summed E-state index contributed by atoms with van der Waals surface area (Å²) in [5.74, 6) is -1.26. The SMILES string of the molecule is NC(=O)C1CCCN(c2ccc(NC(=O)CN3C(=O)c4ccccc4C3=O)cn2)C1. The number of piperidine rings is 1. The number of carbonyl (C=O) groups excluding carboxylic acids is 4. The summed E-state index contributed by atoms with van der Waals surface area (Å²) in [6, 6.07) is 9.93. The molecule has 0 radical (unpaired) electrons. The highest BCUT2D eigenvalue weighted by atomic mass is 16.2. The van der Waals surface area contributed by atoms with Crippen LogP contribution in [0.25, 0.3) is 0 Å². The molecule has 2 aromatic rings. The van der Waals surface area contributed by atoms with Crippen LogP contribution in [0.1, 0.15) is 33.6 Å². The van der Waals surface area contributed by atoms with Gasteiger partial charge in [-0.15, -0.1) is 0 Å². The lowest BCUT2D eigenvalue weighted by atomic mass is 9.97. The minimum Gasteiger partial charge on any atom is -0.369 e. The van der Waals surface area contributed by atoms with Crippen molar-refractivity contribution in [3.05, 3.63) is 53.7 Å². The van der Waals surface area contributed by atoms with Crippen molar-refractivity contribution in [2.24, 2.45) is 11.7 Å². The Bertz CT molecular complexity index is 985. The van der Waals surface area contributed by atoms with Crippen molar-refractivity contribution in [1.82, 2.24) is 9.88 Å². The van der Waals surface area contributed by atoms with Crippen LogP contribution in [-0.4, -0.2) is 53.1 Å². The molecule has 1 aromatic heterocycles. The molecular formula is C21H21N5O4. The molecule has 4 rings (SSSR count). The van der Waals surface area contributed by atoms with Gasteiger partial charge in [0.2, 0.25) is 11.8 Å². The average molecular weight is 407 g/mol. The first-order valence-electron chi connectivity index (χ1n) is 9.69. The van der Waals surface area contributed by atoms with Gasteiger partial charge in [0.25, 0.3) is 11.8 Å². The molecule has 1 fully saturated rings. The number of rotatable bonds is 5. The number of carbonyl (C=O) groups is 4. The zero-order chi connectivity index (χ0) is 21.3. The first-order valence-corrected chi connectivity index (χ1v) is 9.69. The quantitative estimate of drug-likeness (QED) is 0.713. The number of hydrogen-bond donors (Lipinski definition) is 2. The second-order valence-electron chi connectivity index (χ2n) is 7.38. The summed E-state index contributed by atoms with van der Waals surface area (Å²) in [6.45, 7) is 0.927. The van der Waals surface area contributed by atoms with Crippen LogP contribution in [0.15, 0.2) is 42.6 Å². The highest BCUT2D eigenvalue weighted by molar-refractivity contribution is 6.22. The third-order valence-corrected chi connectivity index (χ3v) is 5.36. The molecule has 4 amide bonds. The molecule has 0 aliphatic carbocycles. The average Bonchev–Trinajstić information content (AvgIpc) is 2.99. The number of primary amides is 1. The summed E-state index contributed by atoms with van der Waals surface area (Å²) in [5, 5.41) is 2.65. The van der Waals surface area contributed by atoms with Crippen molar-refractivity contribution in [3.8, 4) is 0 Å². The predicted octanol–water partition coefficient (Wildman–Crippen LogP) is 1.02. The number of nitrogens with one attached hydrogen (secondary N) is 1. The van der Waals surface area contributed by atoms with E-state index >= 15 is 0 Å². The molecule has 0 bridgehead atoms. The van der Waals surface area contributed by atoms with Crippen LogP contribution in [0.3, 0.4) is 0 Å². The van der Waals surface area contributed by atoms with Gasteiger partial charge in [-0.1, -0.05) is 12.1 Å². The van der Waals surface area contributed by atoms with Crippen molar-refractivity contribution in [1.29, 1.82) is 0 Å². The van der Waals surface area contributed by atoms with Crippen LogP contribution in [0, 0.1) is 5.92 Å². The minimum atomic E-state index is -0.495. The first kappa shape index (κ1) is 19.6. The highest BCUT2D eigenvalue weighted by Crippen LogP contribution is 2.24. The standard InChI is InChI=1S/C21H21N5O4/c22-19(28)13-4-3-9-25(11-13)17-8-7-14(10-23-17)24-18(27)12-26-20(29)15-5-1-2-6-16(15)21(26)30/h1-2,5-8,10,13H,3-4,9,11-12H2,(H2,22,28)(H,24,27). The van der Waals surface area contributed by atoms with E-state index in [-0.39, 0.29) is 18.4 Å². The third-order valence-electron chi connectivity index (χ3n) is 5.36. The lowest BCUT2D eigenvalue weighted by Gasteiger charge is -2.32. The van der Waals surface area contributed by atoms with Gasteiger partial charge >= 0.3 is 0 Å². The van der Waals surface area contributed by atoms with E-state index in [2.05, 4.69) is 10.3 Å². The fourth-order valence-electron chi connectivity index (χ4n) is 3.79. The summed E-state index contributed by atoms with van der Waals surface area (Å²) >= 11 is 0. The number of anilines is 2. The van der Waals surface area contributed by atoms with Crippen LogP contribution in [0.4, 0.5) is 11.5 Å². The number of nitrogens with zero attached hydrogens (tertiary/aromatic N) is 3. The van der Waals surface area contributed by atoms with Gasteiger partial charge in [-0.3, -0.25) is 24.1 Å². The zero-order valence-corrected chi connectivity index (χ0v) is 16.2. The summed E-state index contributed by atoms with van der Waals surface area (Å²) in [7, 11) is 0. The van der Waals surface area contributed by atoms with Gasteiger partial charge in [-0.2, -0.15) is 0 Å². The van der Waals surface area contributed by atoms with E-state index in [1.165, 1.54) is 6.20 Å². The lowest BCUT2D eigenvalue weighted by Crippen LogP contribution is -2.41. The molecule has 1 aromatic carbocycles. The van der Waals surface area contributed by atoms with E-state index < -0.39 is 17.7 Å².